The zero-order valence-electron chi connectivity index (χ0n) is 12.7. The van der Waals surface area contributed by atoms with Crippen molar-refractivity contribution in [1.82, 2.24) is 0 Å². The number of para-hydroxylation sites is 1. The number of ether oxygens (including phenoxy) is 1. The molecule has 0 N–H and O–H groups in total. The van der Waals surface area contributed by atoms with Crippen LogP contribution in [-0.2, 0) is 10.2 Å². The molecule has 0 radical (unpaired) electrons. The predicted molar refractivity (Wildman–Crippen MR) is 77.8 cm³/mol. The second kappa shape index (κ2) is 4.52. The molecule has 0 atom stereocenters. The highest BCUT2D eigenvalue weighted by Gasteiger charge is 2.41. The summed E-state index contributed by atoms with van der Waals surface area (Å²) in [4.78, 5) is 14.0. The van der Waals surface area contributed by atoms with E-state index in [2.05, 4.69) is 19.9 Å². The van der Waals surface area contributed by atoms with Crippen molar-refractivity contribution in [2.45, 2.75) is 45.6 Å². The van der Waals surface area contributed by atoms with E-state index in [0.717, 1.165) is 5.56 Å². The van der Waals surface area contributed by atoms with Gasteiger partial charge >= 0.3 is 6.09 Å². The van der Waals surface area contributed by atoms with Gasteiger partial charge in [0.1, 0.15) is 11.7 Å². The van der Waals surface area contributed by atoms with Crippen LogP contribution in [0.2, 0.25) is 0 Å². The number of carbonyl (C=O) groups is 1. The van der Waals surface area contributed by atoms with Gasteiger partial charge in [-0.15, -0.1) is 0 Å². The fraction of sp³-hybridized carbons (Fsp3) is 0.500. The van der Waals surface area contributed by atoms with Crippen molar-refractivity contribution < 1.29 is 9.53 Å². The number of anilines is 1. The van der Waals surface area contributed by atoms with Gasteiger partial charge in [-0.1, -0.05) is 26.0 Å². The molecule has 1 aliphatic rings. The number of amides is 1. The van der Waals surface area contributed by atoms with Crippen LogP contribution in [-0.4, -0.2) is 18.2 Å². The first-order chi connectivity index (χ1) is 9.15. The zero-order valence-corrected chi connectivity index (χ0v) is 12.7. The summed E-state index contributed by atoms with van der Waals surface area (Å²) in [5.74, 6) is 0. The van der Waals surface area contributed by atoms with Crippen LogP contribution in [0, 0.1) is 11.3 Å². The fourth-order valence-corrected chi connectivity index (χ4v) is 2.50. The molecule has 0 saturated carbocycles. The topological polar surface area (TPSA) is 53.3 Å². The summed E-state index contributed by atoms with van der Waals surface area (Å²) in [6.45, 7) is 10.2. The predicted octanol–water partition coefficient (Wildman–Crippen LogP) is 3.59. The second-order valence-corrected chi connectivity index (χ2v) is 6.76. The van der Waals surface area contributed by atoms with Crippen molar-refractivity contribution in [3.05, 3.63) is 29.3 Å². The van der Waals surface area contributed by atoms with Crippen molar-refractivity contribution in [3.8, 4) is 6.07 Å². The lowest BCUT2D eigenvalue weighted by atomic mass is 9.86. The quantitative estimate of drug-likeness (QED) is 0.725. The number of nitrogens with zero attached hydrogens (tertiary/aromatic N) is 2. The van der Waals surface area contributed by atoms with Gasteiger partial charge in [-0.25, -0.2) is 4.79 Å². The van der Waals surface area contributed by atoms with E-state index in [-0.39, 0.29) is 5.41 Å². The Hall–Kier alpha value is -2.02. The summed E-state index contributed by atoms with van der Waals surface area (Å²) in [7, 11) is 0. The number of nitriles is 1. The van der Waals surface area contributed by atoms with Crippen molar-refractivity contribution in [2.24, 2.45) is 0 Å². The van der Waals surface area contributed by atoms with Gasteiger partial charge < -0.3 is 4.74 Å². The van der Waals surface area contributed by atoms with Crippen LogP contribution >= 0.6 is 0 Å². The van der Waals surface area contributed by atoms with E-state index in [4.69, 9.17) is 4.74 Å². The first-order valence-electron chi connectivity index (χ1n) is 6.70. The van der Waals surface area contributed by atoms with Crippen LogP contribution in [0.4, 0.5) is 10.5 Å². The molecule has 0 fully saturated rings. The molecule has 1 heterocycles. The SMILES string of the molecule is CC(C)(C)OC(=O)N1CC(C)(C)c2cccc(C#N)c21. The first kappa shape index (κ1) is 14.4. The van der Waals surface area contributed by atoms with Crippen LogP contribution in [0.25, 0.3) is 0 Å². The lowest BCUT2D eigenvalue weighted by molar-refractivity contribution is 0.0579. The van der Waals surface area contributed by atoms with E-state index in [0.29, 0.717) is 17.8 Å². The summed E-state index contributed by atoms with van der Waals surface area (Å²) >= 11 is 0. The van der Waals surface area contributed by atoms with Gasteiger partial charge in [-0.2, -0.15) is 5.26 Å². The molecule has 4 nitrogen and oxygen atoms in total. The molecule has 0 saturated heterocycles. The highest BCUT2D eigenvalue weighted by atomic mass is 16.6. The normalized spacial score (nSPS) is 16.5. The number of benzene rings is 1. The van der Waals surface area contributed by atoms with Crippen LogP contribution in [0.5, 0.6) is 0 Å². The highest BCUT2D eigenvalue weighted by molar-refractivity contribution is 5.93. The van der Waals surface area contributed by atoms with Gasteiger partial charge in [0.05, 0.1) is 11.3 Å². The molecule has 106 valence electrons. The van der Waals surface area contributed by atoms with E-state index in [9.17, 15) is 10.1 Å². The third-order valence-corrected chi connectivity index (χ3v) is 3.32. The molecule has 1 amide bonds. The lowest BCUT2D eigenvalue weighted by Gasteiger charge is -2.26. The van der Waals surface area contributed by atoms with E-state index in [1.807, 2.05) is 32.9 Å². The van der Waals surface area contributed by atoms with Gasteiger partial charge in [0.25, 0.3) is 0 Å². The Balaban J connectivity index is 2.47. The van der Waals surface area contributed by atoms with Crippen LogP contribution < -0.4 is 4.90 Å². The molecule has 4 heteroatoms. The monoisotopic (exact) mass is 272 g/mol. The number of hydrogen-bond acceptors (Lipinski definition) is 3. The molecular formula is C16H20N2O2. The van der Waals surface area contributed by atoms with Gasteiger partial charge in [-0.3, -0.25) is 4.90 Å². The first-order valence-corrected chi connectivity index (χ1v) is 6.70. The van der Waals surface area contributed by atoms with Crippen molar-refractivity contribution in [3.63, 3.8) is 0 Å². The summed E-state index contributed by atoms with van der Waals surface area (Å²) in [5.41, 5.74) is 1.49. The average Bonchev–Trinajstić information content (AvgIpc) is 2.60. The standard InChI is InChI=1S/C16H20N2O2/c1-15(2,3)20-14(19)18-10-16(4,5)12-8-6-7-11(9-17)13(12)18/h6-8H,10H2,1-5H3. The fourth-order valence-electron chi connectivity index (χ4n) is 2.50. The maximum absolute atomic E-state index is 12.4. The third-order valence-electron chi connectivity index (χ3n) is 3.32. The summed E-state index contributed by atoms with van der Waals surface area (Å²) in [6, 6.07) is 7.73. The molecular weight excluding hydrogens is 252 g/mol. The molecule has 0 aliphatic carbocycles. The minimum absolute atomic E-state index is 0.181. The number of hydrogen-bond donors (Lipinski definition) is 0. The Kier molecular flexibility index (Phi) is 3.25. The summed E-state index contributed by atoms with van der Waals surface area (Å²) < 4.78 is 5.45. The number of rotatable bonds is 0. The Morgan fingerprint density at radius 1 is 1.40 bits per heavy atom. The van der Waals surface area contributed by atoms with Crippen LogP contribution in [0.15, 0.2) is 18.2 Å². The molecule has 0 spiro atoms. The van der Waals surface area contributed by atoms with Crippen molar-refractivity contribution in [1.29, 1.82) is 5.26 Å². The molecule has 1 aromatic carbocycles. The lowest BCUT2D eigenvalue weighted by Crippen LogP contribution is -2.38. The Morgan fingerprint density at radius 3 is 2.60 bits per heavy atom. The molecule has 1 aromatic rings. The van der Waals surface area contributed by atoms with E-state index >= 15 is 0 Å². The molecule has 0 unspecified atom stereocenters. The van der Waals surface area contributed by atoms with Crippen molar-refractivity contribution >= 4 is 11.8 Å². The van der Waals surface area contributed by atoms with Crippen LogP contribution in [0.3, 0.4) is 0 Å². The molecule has 0 bridgehead atoms. The number of fused-ring (bicyclic) bond motifs is 1. The average molecular weight is 272 g/mol. The second-order valence-electron chi connectivity index (χ2n) is 6.76. The van der Waals surface area contributed by atoms with Crippen LogP contribution in [0.1, 0.15) is 45.7 Å². The molecule has 2 rings (SSSR count). The van der Waals surface area contributed by atoms with E-state index in [1.165, 1.54) is 0 Å². The largest absolute Gasteiger partial charge is 0.443 e. The third kappa shape index (κ3) is 2.49. The zero-order chi connectivity index (χ0) is 15.1. The van der Waals surface area contributed by atoms with E-state index < -0.39 is 11.7 Å². The Labute approximate surface area is 120 Å². The maximum Gasteiger partial charge on any atom is 0.414 e. The summed E-state index contributed by atoms with van der Waals surface area (Å²) in [6.07, 6.45) is -0.396. The highest BCUT2D eigenvalue weighted by Crippen LogP contribution is 2.42. The molecule has 1 aliphatic heterocycles. The Bertz CT molecular complexity index is 591. The van der Waals surface area contributed by atoms with Gasteiger partial charge in [-0.05, 0) is 32.4 Å². The van der Waals surface area contributed by atoms with Gasteiger partial charge in [0, 0.05) is 12.0 Å². The summed E-state index contributed by atoms with van der Waals surface area (Å²) in [5, 5.41) is 9.28. The van der Waals surface area contributed by atoms with E-state index in [1.54, 1.807) is 11.0 Å². The molecule has 20 heavy (non-hydrogen) atoms. The maximum atomic E-state index is 12.4. The Morgan fingerprint density at radius 2 is 2.05 bits per heavy atom. The minimum atomic E-state index is -0.550. The smallest absolute Gasteiger partial charge is 0.414 e. The van der Waals surface area contributed by atoms with Gasteiger partial charge in [0.15, 0.2) is 0 Å². The minimum Gasteiger partial charge on any atom is -0.443 e. The van der Waals surface area contributed by atoms with Crippen molar-refractivity contribution in [2.75, 3.05) is 11.4 Å². The van der Waals surface area contributed by atoms with Gasteiger partial charge in [0.2, 0.25) is 0 Å². The number of carbonyl (C=O) groups excluding carboxylic acids is 1. The molecule has 0 aromatic heterocycles.